The van der Waals surface area contributed by atoms with Crippen molar-refractivity contribution in [2.24, 2.45) is 0 Å². The van der Waals surface area contributed by atoms with Crippen LogP contribution in [0.4, 0.5) is 5.69 Å². The molecule has 170 valence electrons. The van der Waals surface area contributed by atoms with Crippen LogP contribution in [0.15, 0.2) is 88.2 Å². The van der Waals surface area contributed by atoms with Crippen LogP contribution < -0.4 is 4.90 Å². The maximum Gasteiger partial charge on any atom is 0.266 e. The fraction of sp³-hybridized carbons (Fsp3) is 0.0741. The van der Waals surface area contributed by atoms with Crippen LogP contribution in [-0.4, -0.2) is 5.91 Å². The maximum atomic E-state index is 13.5. The summed E-state index contributed by atoms with van der Waals surface area (Å²) in [5.74, 6) is 1.14. The van der Waals surface area contributed by atoms with Crippen LogP contribution in [0.2, 0.25) is 15.1 Å². The Morgan fingerprint density at radius 2 is 1.62 bits per heavy atom. The molecule has 0 spiro atoms. The Labute approximate surface area is 216 Å². The fourth-order valence-corrected chi connectivity index (χ4v) is 5.38. The van der Waals surface area contributed by atoms with E-state index in [2.05, 4.69) is 0 Å². The number of carbonyl (C=O) groups is 1. The number of rotatable bonds is 4. The van der Waals surface area contributed by atoms with Gasteiger partial charge in [-0.15, -0.1) is 0 Å². The van der Waals surface area contributed by atoms with Gasteiger partial charge in [0.2, 0.25) is 0 Å². The molecule has 4 aromatic rings. The zero-order valence-electron chi connectivity index (χ0n) is 18.0. The molecular formula is C27H18Cl3NO2S. The van der Waals surface area contributed by atoms with Crippen molar-refractivity contribution in [3.05, 3.63) is 116 Å². The van der Waals surface area contributed by atoms with E-state index in [1.54, 1.807) is 18.2 Å². The highest BCUT2D eigenvalue weighted by Crippen LogP contribution is 2.48. The summed E-state index contributed by atoms with van der Waals surface area (Å²) in [4.78, 5) is 15.9. The lowest BCUT2D eigenvalue weighted by Gasteiger charge is -2.24. The number of carbonyl (C=O) groups excluding carboxylic acids is 1. The van der Waals surface area contributed by atoms with E-state index in [9.17, 15) is 4.79 Å². The third kappa shape index (κ3) is 4.64. The van der Waals surface area contributed by atoms with E-state index in [0.29, 0.717) is 31.5 Å². The van der Waals surface area contributed by atoms with Gasteiger partial charge in [0.15, 0.2) is 0 Å². The zero-order valence-corrected chi connectivity index (χ0v) is 21.1. The quantitative estimate of drug-likeness (QED) is 0.249. The highest BCUT2D eigenvalue weighted by atomic mass is 35.5. The number of nitrogens with zero attached hydrogens (tertiary/aromatic N) is 1. The molecule has 1 fully saturated rings. The first-order valence-corrected chi connectivity index (χ1v) is 12.5. The standard InChI is InChI=1S/C27H18Cl3NO2S/c1-16-2-9-20(10-3-16)31-26(32)25(34-27(31)17-4-7-19(28)8-5-17)15-21-11-13-24(33-21)18-6-12-22(29)23(30)14-18/h2-15,27H,1H3/b25-15+/t27-/m1/s1. The first kappa shape index (κ1) is 23.1. The number of hydrogen-bond donors (Lipinski definition) is 0. The summed E-state index contributed by atoms with van der Waals surface area (Å²) in [6, 6.07) is 24.5. The monoisotopic (exact) mass is 525 g/mol. The van der Waals surface area contributed by atoms with Crippen LogP contribution in [0.1, 0.15) is 22.3 Å². The maximum absolute atomic E-state index is 13.5. The van der Waals surface area contributed by atoms with Gasteiger partial charge >= 0.3 is 0 Å². The number of furan rings is 1. The summed E-state index contributed by atoms with van der Waals surface area (Å²) in [5.41, 5.74) is 3.77. The van der Waals surface area contributed by atoms with Crippen molar-refractivity contribution in [3.8, 4) is 11.3 Å². The molecule has 1 aliphatic rings. The summed E-state index contributed by atoms with van der Waals surface area (Å²) in [7, 11) is 0. The third-order valence-electron chi connectivity index (χ3n) is 5.47. The minimum atomic E-state index is -0.219. The molecule has 34 heavy (non-hydrogen) atoms. The van der Waals surface area contributed by atoms with E-state index < -0.39 is 0 Å². The molecule has 1 saturated heterocycles. The molecule has 0 N–H and O–H groups in total. The summed E-state index contributed by atoms with van der Waals surface area (Å²) in [6.07, 6.45) is 1.78. The van der Waals surface area contributed by atoms with Gasteiger partial charge in [-0.1, -0.05) is 76.4 Å². The van der Waals surface area contributed by atoms with Gasteiger partial charge < -0.3 is 4.42 Å². The molecule has 0 aliphatic carbocycles. The van der Waals surface area contributed by atoms with Crippen molar-refractivity contribution < 1.29 is 9.21 Å². The number of anilines is 1. The summed E-state index contributed by atoms with van der Waals surface area (Å²) >= 11 is 19.8. The van der Waals surface area contributed by atoms with Crippen LogP contribution in [0, 0.1) is 6.92 Å². The van der Waals surface area contributed by atoms with Crippen LogP contribution in [0.5, 0.6) is 0 Å². The molecule has 0 saturated carbocycles. The average molecular weight is 527 g/mol. The molecule has 3 nitrogen and oxygen atoms in total. The number of hydrogen-bond acceptors (Lipinski definition) is 3. The molecule has 1 atom stereocenters. The molecule has 0 radical (unpaired) electrons. The molecule has 7 heteroatoms. The minimum absolute atomic E-state index is 0.0821. The normalized spacial score (nSPS) is 17.1. The van der Waals surface area contributed by atoms with Gasteiger partial charge in [-0.3, -0.25) is 9.69 Å². The first-order chi connectivity index (χ1) is 16.4. The Balaban J connectivity index is 1.50. The molecule has 2 heterocycles. The smallest absolute Gasteiger partial charge is 0.266 e. The predicted octanol–water partition coefficient (Wildman–Crippen LogP) is 9.03. The predicted molar refractivity (Wildman–Crippen MR) is 143 cm³/mol. The van der Waals surface area contributed by atoms with Crippen molar-refractivity contribution in [2.75, 3.05) is 4.90 Å². The lowest BCUT2D eigenvalue weighted by molar-refractivity contribution is -0.114. The number of amides is 1. The SMILES string of the molecule is Cc1ccc(N2C(=O)/C(=C\c3ccc(-c4ccc(Cl)c(Cl)c4)o3)S[C@@H]2c2ccc(Cl)cc2)cc1. The molecule has 0 unspecified atom stereocenters. The van der Waals surface area contributed by atoms with E-state index in [0.717, 1.165) is 22.4 Å². The molecule has 1 amide bonds. The first-order valence-electron chi connectivity index (χ1n) is 10.5. The molecule has 0 bridgehead atoms. The molecule has 5 rings (SSSR count). The Morgan fingerprint density at radius 3 is 2.32 bits per heavy atom. The summed E-state index contributed by atoms with van der Waals surface area (Å²) in [5, 5.41) is 1.37. The van der Waals surface area contributed by atoms with E-state index >= 15 is 0 Å². The Kier molecular flexibility index (Phi) is 6.50. The van der Waals surface area contributed by atoms with Gasteiger partial charge in [-0.05, 0) is 67.1 Å². The van der Waals surface area contributed by atoms with E-state index in [1.165, 1.54) is 11.8 Å². The van der Waals surface area contributed by atoms with Gasteiger partial charge in [0.05, 0.1) is 15.0 Å². The molecule has 1 aliphatic heterocycles. The second kappa shape index (κ2) is 9.55. The average Bonchev–Trinajstić information content (AvgIpc) is 3.42. The summed E-state index contributed by atoms with van der Waals surface area (Å²) < 4.78 is 6.01. The van der Waals surface area contributed by atoms with Crippen LogP contribution in [0.25, 0.3) is 17.4 Å². The van der Waals surface area contributed by atoms with Gasteiger partial charge in [0.1, 0.15) is 16.9 Å². The van der Waals surface area contributed by atoms with Crippen LogP contribution >= 0.6 is 46.6 Å². The zero-order chi connectivity index (χ0) is 23.8. The number of thioether (sulfide) groups is 1. The highest BCUT2D eigenvalue weighted by Gasteiger charge is 2.38. The van der Waals surface area contributed by atoms with Crippen LogP contribution in [-0.2, 0) is 4.79 Å². The van der Waals surface area contributed by atoms with Gasteiger partial charge in [0.25, 0.3) is 5.91 Å². The van der Waals surface area contributed by atoms with E-state index in [-0.39, 0.29) is 11.3 Å². The van der Waals surface area contributed by atoms with Crippen molar-refractivity contribution in [1.82, 2.24) is 0 Å². The highest BCUT2D eigenvalue weighted by molar-refractivity contribution is 8.05. The molecule has 3 aromatic carbocycles. The van der Waals surface area contributed by atoms with Gasteiger partial charge in [-0.2, -0.15) is 0 Å². The summed E-state index contributed by atoms with van der Waals surface area (Å²) in [6.45, 7) is 2.02. The molecule has 1 aromatic heterocycles. The second-order valence-electron chi connectivity index (χ2n) is 7.87. The van der Waals surface area contributed by atoms with Gasteiger partial charge in [0, 0.05) is 22.3 Å². The second-order valence-corrected chi connectivity index (χ2v) is 10.2. The minimum Gasteiger partial charge on any atom is -0.457 e. The number of aryl methyl sites for hydroxylation is 1. The van der Waals surface area contributed by atoms with E-state index in [1.807, 2.05) is 78.6 Å². The third-order valence-corrected chi connectivity index (χ3v) is 7.72. The van der Waals surface area contributed by atoms with Crippen LogP contribution in [0.3, 0.4) is 0 Å². The Hall–Kier alpha value is -2.63. The lowest BCUT2D eigenvalue weighted by Crippen LogP contribution is -2.27. The number of halogens is 3. The molecular weight excluding hydrogens is 509 g/mol. The topological polar surface area (TPSA) is 33.5 Å². The van der Waals surface area contributed by atoms with Gasteiger partial charge in [-0.25, -0.2) is 0 Å². The van der Waals surface area contributed by atoms with E-state index in [4.69, 9.17) is 39.2 Å². The number of benzene rings is 3. The Bertz CT molecular complexity index is 1390. The Morgan fingerprint density at radius 1 is 0.882 bits per heavy atom. The largest absolute Gasteiger partial charge is 0.457 e. The van der Waals surface area contributed by atoms with Crippen molar-refractivity contribution in [2.45, 2.75) is 12.3 Å². The fourth-order valence-electron chi connectivity index (χ4n) is 3.71. The van der Waals surface area contributed by atoms with Crippen molar-refractivity contribution >= 4 is 64.2 Å². The van der Waals surface area contributed by atoms with Crippen molar-refractivity contribution in [1.29, 1.82) is 0 Å². The van der Waals surface area contributed by atoms with Crippen molar-refractivity contribution in [3.63, 3.8) is 0 Å². The lowest BCUT2D eigenvalue weighted by atomic mass is 10.1.